The van der Waals surface area contributed by atoms with E-state index in [0.29, 0.717) is 22.6 Å². The Kier molecular flexibility index (Phi) is 5.53. The van der Waals surface area contributed by atoms with Crippen LogP contribution in [-0.2, 0) is 6.54 Å². The van der Waals surface area contributed by atoms with Crippen LogP contribution in [0, 0.1) is 18.8 Å². The predicted molar refractivity (Wildman–Crippen MR) is 85.8 cm³/mol. The number of aryl methyl sites for hydroxylation is 1. The first-order valence-electron chi connectivity index (χ1n) is 7.14. The molecular weight excluding hydrogens is 300 g/mol. The van der Waals surface area contributed by atoms with Gasteiger partial charge in [-0.2, -0.15) is 0 Å². The van der Waals surface area contributed by atoms with Gasteiger partial charge in [-0.3, -0.25) is 4.79 Å². The summed E-state index contributed by atoms with van der Waals surface area (Å²) in [6.45, 7) is 3.00. The number of aromatic nitrogens is 1. The molecule has 0 aliphatic rings. The van der Waals surface area contributed by atoms with Crippen molar-refractivity contribution in [3.63, 3.8) is 0 Å². The van der Waals surface area contributed by atoms with Crippen molar-refractivity contribution in [3.05, 3.63) is 52.3 Å². The van der Waals surface area contributed by atoms with E-state index in [1.807, 2.05) is 0 Å². The average Bonchev–Trinajstić information content (AvgIpc) is 2.53. The van der Waals surface area contributed by atoms with Crippen LogP contribution in [0.4, 0.5) is 8.78 Å². The molecule has 0 spiro atoms. The highest BCUT2D eigenvalue weighted by Crippen LogP contribution is 2.22. The van der Waals surface area contributed by atoms with Gasteiger partial charge in [-0.15, -0.1) is 5.92 Å². The molecule has 0 radical (unpaired) electrons. The second-order valence-corrected chi connectivity index (χ2v) is 4.95. The number of hydrogen-bond donors (Lipinski definition) is 0. The Morgan fingerprint density at radius 3 is 2.48 bits per heavy atom. The highest BCUT2D eigenvalue weighted by atomic mass is 19.3. The summed E-state index contributed by atoms with van der Waals surface area (Å²) in [4.78, 5) is 12.1. The Morgan fingerprint density at radius 1 is 1.17 bits per heavy atom. The summed E-state index contributed by atoms with van der Waals surface area (Å²) in [5.74, 6) is 6.15. The zero-order valence-electron chi connectivity index (χ0n) is 13.0. The largest absolute Gasteiger partial charge is 0.481 e. The summed E-state index contributed by atoms with van der Waals surface area (Å²) in [5, 5.41) is 0. The van der Waals surface area contributed by atoms with Crippen molar-refractivity contribution in [3.8, 4) is 28.8 Å². The van der Waals surface area contributed by atoms with Crippen molar-refractivity contribution < 1.29 is 13.5 Å². The molecule has 0 bridgehead atoms. The molecule has 0 saturated heterocycles. The van der Waals surface area contributed by atoms with E-state index in [2.05, 4.69) is 11.8 Å². The Labute approximate surface area is 133 Å². The second-order valence-electron chi connectivity index (χ2n) is 4.95. The summed E-state index contributed by atoms with van der Waals surface area (Å²) in [5.41, 5.74) is 1.17. The van der Waals surface area contributed by atoms with Crippen molar-refractivity contribution >= 4 is 0 Å². The smallest absolute Gasteiger partial charge is 0.256 e. The number of rotatable bonds is 5. The number of benzene rings is 1. The molecule has 2 aromatic rings. The van der Waals surface area contributed by atoms with Crippen LogP contribution in [0.2, 0.25) is 0 Å². The summed E-state index contributed by atoms with van der Waals surface area (Å²) in [6.07, 6.45) is -2.59. The van der Waals surface area contributed by atoms with Gasteiger partial charge in [0.25, 0.3) is 12.0 Å². The van der Waals surface area contributed by atoms with Gasteiger partial charge in [-0.25, -0.2) is 8.78 Å². The van der Waals surface area contributed by atoms with Crippen molar-refractivity contribution in [2.24, 2.45) is 0 Å². The number of halogens is 2. The molecule has 23 heavy (non-hydrogen) atoms. The van der Waals surface area contributed by atoms with Gasteiger partial charge in [-0.1, -0.05) is 12.0 Å². The third-order valence-electron chi connectivity index (χ3n) is 3.32. The average molecular weight is 317 g/mol. The molecule has 2 rings (SSSR count). The van der Waals surface area contributed by atoms with Crippen LogP contribution in [0.1, 0.15) is 12.5 Å². The Balaban J connectivity index is 2.35. The molecule has 1 aromatic carbocycles. The van der Waals surface area contributed by atoms with Crippen LogP contribution in [0.25, 0.3) is 11.3 Å². The molecule has 0 amide bonds. The quantitative estimate of drug-likeness (QED) is 0.791. The third kappa shape index (κ3) is 4.19. The molecule has 1 aromatic heterocycles. The van der Waals surface area contributed by atoms with E-state index in [1.165, 1.54) is 0 Å². The fraction of sp³-hybridized carbons (Fsp3) is 0.278. The SMILES string of the molecule is CC#CCOc1ccc(-c2ccc(C)c(=O)n2CC(F)F)cc1. The molecule has 0 N–H and O–H groups in total. The van der Waals surface area contributed by atoms with Crippen LogP contribution < -0.4 is 10.3 Å². The standard InChI is InChI=1S/C18H17F2NO2/c1-3-4-11-23-15-8-6-14(7-9-15)16-10-5-13(2)18(22)21(16)12-17(19)20/h5-10,17H,11-12H2,1-2H3. The molecule has 0 saturated carbocycles. The Morgan fingerprint density at radius 2 is 1.87 bits per heavy atom. The number of nitrogens with zero attached hydrogens (tertiary/aromatic N) is 1. The lowest BCUT2D eigenvalue weighted by Gasteiger charge is -2.14. The van der Waals surface area contributed by atoms with Crippen LogP contribution >= 0.6 is 0 Å². The van der Waals surface area contributed by atoms with E-state index >= 15 is 0 Å². The van der Waals surface area contributed by atoms with Crippen molar-refractivity contribution in [1.82, 2.24) is 4.57 Å². The monoisotopic (exact) mass is 317 g/mol. The lowest BCUT2D eigenvalue weighted by atomic mass is 10.1. The fourth-order valence-corrected chi connectivity index (χ4v) is 2.17. The topological polar surface area (TPSA) is 31.2 Å². The first-order valence-corrected chi connectivity index (χ1v) is 7.14. The molecule has 3 nitrogen and oxygen atoms in total. The minimum Gasteiger partial charge on any atom is -0.481 e. The lowest BCUT2D eigenvalue weighted by molar-refractivity contribution is 0.126. The van der Waals surface area contributed by atoms with Crippen LogP contribution in [0.5, 0.6) is 5.75 Å². The third-order valence-corrected chi connectivity index (χ3v) is 3.32. The minimum atomic E-state index is -2.59. The molecule has 0 atom stereocenters. The Hall–Kier alpha value is -2.61. The van der Waals surface area contributed by atoms with Gasteiger partial charge in [0, 0.05) is 5.56 Å². The maximum Gasteiger partial charge on any atom is 0.256 e. The first-order chi connectivity index (χ1) is 11.0. The first kappa shape index (κ1) is 16.8. The Bertz CT molecular complexity index is 783. The summed E-state index contributed by atoms with van der Waals surface area (Å²) in [6, 6.07) is 10.2. The highest BCUT2D eigenvalue weighted by Gasteiger charge is 2.13. The van der Waals surface area contributed by atoms with Gasteiger partial charge in [-0.05, 0) is 49.7 Å². The van der Waals surface area contributed by atoms with Gasteiger partial charge in [0.1, 0.15) is 12.4 Å². The van der Waals surface area contributed by atoms with E-state index < -0.39 is 18.5 Å². The van der Waals surface area contributed by atoms with E-state index in [-0.39, 0.29) is 6.61 Å². The second kappa shape index (κ2) is 7.59. The van der Waals surface area contributed by atoms with Gasteiger partial charge >= 0.3 is 0 Å². The molecule has 0 aliphatic carbocycles. The minimum absolute atomic E-state index is 0.288. The zero-order valence-corrected chi connectivity index (χ0v) is 13.0. The lowest BCUT2D eigenvalue weighted by Crippen LogP contribution is -2.26. The molecule has 0 aliphatic heterocycles. The molecule has 120 valence electrons. The molecule has 0 fully saturated rings. The maximum atomic E-state index is 12.8. The number of alkyl halides is 2. The molecule has 0 unspecified atom stereocenters. The van der Waals surface area contributed by atoms with Gasteiger partial charge in [0.15, 0.2) is 0 Å². The van der Waals surface area contributed by atoms with Crippen LogP contribution in [0.3, 0.4) is 0 Å². The van der Waals surface area contributed by atoms with E-state index in [4.69, 9.17) is 4.74 Å². The fourth-order valence-electron chi connectivity index (χ4n) is 2.17. The van der Waals surface area contributed by atoms with Crippen molar-refractivity contribution in [2.45, 2.75) is 26.8 Å². The van der Waals surface area contributed by atoms with E-state index in [1.54, 1.807) is 50.2 Å². The summed E-state index contributed by atoms with van der Waals surface area (Å²) in [7, 11) is 0. The van der Waals surface area contributed by atoms with Crippen molar-refractivity contribution in [2.75, 3.05) is 6.61 Å². The summed E-state index contributed by atoms with van der Waals surface area (Å²) >= 11 is 0. The van der Waals surface area contributed by atoms with Crippen LogP contribution in [-0.4, -0.2) is 17.6 Å². The van der Waals surface area contributed by atoms with E-state index in [0.717, 1.165) is 4.57 Å². The molecule has 1 heterocycles. The maximum absolute atomic E-state index is 12.8. The number of hydrogen-bond acceptors (Lipinski definition) is 2. The molecule has 5 heteroatoms. The van der Waals surface area contributed by atoms with Gasteiger partial charge in [0.05, 0.1) is 12.2 Å². The summed E-state index contributed by atoms with van der Waals surface area (Å²) < 4.78 is 32.1. The molecular formula is C18H17F2NO2. The number of pyridine rings is 1. The van der Waals surface area contributed by atoms with E-state index in [9.17, 15) is 13.6 Å². The van der Waals surface area contributed by atoms with Gasteiger partial charge in [0.2, 0.25) is 0 Å². The zero-order chi connectivity index (χ0) is 16.8. The van der Waals surface area contributed by atoms with Crippen LogP contribution in [0.15, 0.2) is 41.2 Å². The predicted octanol–water partition coefficient (Wildman–Crippen LogP) is 3.49. The number of ether oxygens (including phenoxy) is 1. The normalized spacial score (nSPS) is 10.3. The highest BCUT2D eigenvalue weighted by molar-refractivity contribution is 5.61. The van der Waals surface area contributed by atoms with Crippen molar-refractivity contribution in [1.29, 1.82) is 0 Å². The van der Waals surface area contributed by atoms with Gasteiger partial charge < -0.3 is 9.30 Å².